The van der Waals surface area contributed by atoms with E-state index in [1.54, 1.807) is 18.2 Å². The maximum absolute atomic E-state index is 11.7. The molecule has 1 heterocycles. The van der Waals surface area contributed by atoms with Gasteiger partial charge in [0.25, 0.3) is 0 Å². The van der Waals surface area contributed by atoms with Crippen molar-refractivity contribution in [1.82, 2.24) is 0 Å². The highest BCUT2D eigenvalue weighted by Crippen LogP contribution is 2.37. The molecule has 3 rings (SSSR count). The second kappa shape index (κ2) is 7.57. The molecule has 0 spiro atoms. The van der Waals surface area contributed by atoms with E-state index in [2.05, 4.69) is 0 Å². The zero-order valence-electron chi connectivity index (χ0n) is 14.7. The molecule has 1 aliphatic carbocycles. The number of benzene rings is 1. The highest BCUT2D eigenvalue weighted by Gasteiger charge is 2.48. The molecule has 8 heteroatoms. The Morgan fingerprint density at radius 3 is 2.74 bits per heavy atom. The van der Waals surface area contributed by atoms with Gasteiger partial charge < -0.3 is 35.4 Å². The summed E-state index contributed by atoms with van der Waals surface area (Å²) in [6.45, 7) is -0.357. The van der Waals surface area contributed by atoms with Gasteiger partial charge in [-0.15, -0.1) is 0 Å². The number of aliphatic hydroxyl groups is 4. The molecule has 1 fully saturated rings. The highest BCUT2D eigenvalue weighted by atomic mass is 16.6. The van der Waals surface area contributed by atoms with E-state index in [4.69, 9.17) is 4.74 Å². The Balaban J connectivity index is 1.68. The summed E-state index contributed by atoms with van der Waals surface area (Å²) in [5, 5.41) is 58.9. The number of aromatic hydroxyl groups is 1. The fourth-order valence-electron chi connectivity index (χ4n) is 3.65. The van der Waals surface area contributed by atoms with E-state index in [0.29, 0.717) is 6.42 Å². The Labute approximate surface area is 156 Å². The quantitative estimate of drug-likeness (QED) is 0.404. The van der Waals surface area contributed by atoms with E-state index >= 15 is 0 Å². The topological polar surface area (TPSA) is 148 Å². The van der Waals surface area contributed by atoms with Crippen molar-refractivity contribution in [1.29, 1.82) is 0 Å². The van der Waals surface area contributed by atoms with E-state index in [1.807, 2.05) is 6.08 Å². The van der Waals surface area contributed by atoms with Crippen LogP contribution in [-0.2, 0) is 16.0 Å². The molecule has 2 aliphatic rings. The lowest BCUT2D eigenvalue weighted by Gasteiger charge is -2.42. The summed E-state index contributed by atoms with van der Waals surface area (Å²) < 4.78 is 5.09. The molecule has 1 aromatic rings. The maximum Gasteiger partial charge on any atom is 0.306 e. The minimum Gasteiger partial charge on any atom is -0.508 e. The van der Waals surface area contributed by atoms with Crippen molar-refractivity contribution in [2.24, 2.45) is 5.92 Å². The van der Waals surface area contributed by atoms with E-state index in [0.717, 1.165) is 16.7 Å². The van der Waals surface area contributed by atoms with Gasteiger partial charge >= 0.3 is 5.97 Å². The molecule has 0 radical (unpaired) electrons. The zero-order chi connectivity index (χ0) is 19.8. The molecular formula is C19H24O8. The van der Waals surface area contributed by atoms with E-state index in [-0.39, 0.29) is 31.6 Å². The molecule has 8 nitrogen and oxygen atoms in total. The molecular weight excluding hydrogens is 356 g/mol. The average Bonchev–Trinajstić information content (AvgIpc) is 3.02. The molecule has 0 aromatic heterocycles. The monoisotopic (exact) mass is 380 g/mol. The Bertz CT molecular complexity index is 745. The van der Waals surface area contributed by atoms with Crippen molar-refractivity contribution in [2.75, 3.05) is 6.61 Å². The SMILES string of the molecule is O=C(O)C(CCC1(O)OCC(O)C(O)C1O)CC1=CCc2ccc(O)cc21. The molecule has 0 bridgehead atoms. The van der Waals surface area contributed by atoms with Gasteiger partial charge in [-0.2, -0.15) is 0 Å². The smallest absolute Gasteiger partial charge is 0.306 e. The van der Waals surface area contributed by atoms with Crippen molar-refractivity contribution in [3.63, 3.8) is 0 Å². The first-order valence-corrected chi connectivity index (χ1v) is 8.86. The molecule has 1 saturated heterocycles. The van der Waals surface area contributed by atoms with Crippen LogP contribution in [0.4, 0.5) is 0 Å². The van der Waals surface area contributed by atoms with Crippen LogP contribution < -0.4 is 0 Å². The molecule has 0 saturated carbocycles. The number of phenolic OH excluding ortho intramolecular Hbond substituents is 1. The van der Waals surface area contributed by atoms with Crippen LogP contribution in [0, 0.1) is 5.92 Å². The second-order valence-electron chi connectivity index (χ2n) is 7.21. The van der Waals surface area contributed by atoms with Gasteiger partial charge in [-0.05, 0) is 48.1 Å². The van der Waals surface area contributed by atoms with Gasteiger partial charge in [0.2, 0.25) is 0 Å². The number of allylic oxidation sites excluding steroid dienone is 2. The Kier molecular flexibility index (Phi) is 5.55. The lowest BCUT2D eigenvalue weighted by molar-refractivity contribution is -0.324. The van der Waals surface area contributed by atoms with Crippen molar-refractivity contribution >= 4 is 11.5 Å². The number of carboxylic acid groups (broad SMARTS) is 1. The number of carboxylic acids is 1. The van der Waals surface area contributed by atoms with Gasteiger partial charge in [0.15, 0.2) is 5.79 Å². The Hall–Kier alpha value is -1.97. The van der Waals surface area contributed by atoms with Crippen LogP contribution in [0.15, 0.2) is 24.3 Å². The molecule has 6 N–H and O–H groups in total. The Morgan fingerprint density at radius 1 is 1.30 bits per heavy atom. The van der Waals surface area contributed by atoms with Crippen LogP contribution in [0.5, 0.6) is 5.75 Å². The van der Waals surface area contributed by atoms with Crippen LogP contribution in [0.3, 0.4) is 0 Å². The molecule has 148 valence electrons. The molecule has 5 unspecified atom stereocenters. The summed E-state index contributed by atoms with van der Waals surface area (Å²) in [6, 6.07) is 4.99. The molecule has 1 aromatic carbocycles. The number of phenols is 1. The van der Waals surface area contributed by atoms with Gasteiger partial charge in [-0.25, -0.2) is 0 Å². The summed E-state index contributed by atoms with van der Waals surface area (Å²) in [4.78, 5) is 11.7. The first kappa shape index (κ1) is 19.8. The summed E-state index contributed by atoms with van der Waals surface area (Å²) in [5.41, 5.74) is 2.63. The third-order valence-electron chi connectivity index (χ3n) is 5.36. The second-order valence-corrected chi connectivity index (χ2v) is 7.21. The normalized spacial score (nSPS) is 31.3. The predicted molar refractivity (Wildman–Crippen MR) is 93.7 cm³/mol. The zero-order valence-corrected chi connectivity index (χ0v) is 14.7. The first-order chi connectivity index (χ1) is 12.7. The van der Waals surface area contributed by atoms with Crippen LogP contribution >= 0.6 is 0 Å². The molecule has 1 aliphatic heterocycles. The van der Waals surface area contributed by atoms with Gasteiger partial charge in [0, 0.05) is 6.42 Å². The fraction of sp³-hybridized carbons (Fsp3) is 0.526. The number of rotatable bonds is 6. The summed E-state index contributed by atoms with van der Waals surface area (Å²) in [6.07, 6.45) is -2.06. The highest BCUT2D eigenvalue weighted by molar-refractivity contribution is 5.79. The first-order valence-electron chi connectivity index (χ1n) is 8.86. The maximum atomic E-state index is 11.7. The summed E-state index contributed by atoms with van der Waals surface area (Å²) >= 11 is 0. The lowest BCUT2D eigenvalue weighted by Crippen LogP contribution is -2.60. The molecule has 5 atom stereocenters. The Morgan fingerprint density at radius 2 is 2.04 bits per heavy atom. The lowest BCUT2D eigenvalue weighted by atomic mass is 9.87. The van der Waals surface area contributed by atoms with Crippen LogP contribution in [-0.4, -0.2) is 67.3 Å². The van der Waals surface area contributed by atoms with Crippen molar-refractivity contribution < 1.29 is 40.2 Å². The van der Waals surface area contributed by atoms with E-state index in [9.17, 15) is 35.4 Å². The molecule has 27 heavy (non-hydrogen) atoms. The standard InChI is InChI=1S/C19H24O8/c20-13-4-3-10-1-2-11(14(10)8-13)7-12(18(24)25)5-6-19(26)17(23)16(22)15(21)9-27-19/h2-4,8,12,15-17,20-23,26H,1,5-7,9H2,(H,24,25). The number of carbonyl (C=O) groups is 1. The van der Waals surface area contributed by atoms with Gasteiger partial charge in [-0.3, -0.25) is 4.79 Å². The van der Waals surface area contributed by atoms with Crippen molar-refractivity contribution in [2.45, 2.75) is 49.8 Å². The average molecular weight is 380 g/mol. The van der Waals surface area contributed by atoms with Gasteiger partial charge in [-0.1, -0.05) is 12.1 Å². The summed E-state index contributed by atoms with van der Waals surface area (Å²) in [7, 11) is 0. The number of fused-ring (bicyclic) bond motifs is 1. The van der Waals surface area contributed by atoms with Crippen LogP contribution in [0.25, 0.3) is 5.57 Å². The van der Waals surface area contributed by atoms with E-state index < -0.39 is 36.0 Å². The van der Waals surface area contributed by atoms with E-state index in [1.165, 1.54) is 0 Å². The number of aliphatic carboxylic acids is 1. The minimum atomic E-state index is -2.12. The van der Waals surface area contributed by atoms with Crippen LogP contribution in [0.1, 0.15) is 30.4 Å². The number of hydrogen-bond donors (Lipinski definition) is 6. The van der Waals surface area contributed by atoms with Crippen molar-refractivity contribution in [3.05, 3.63) is 35.4 Å². The fourth-order valence-corrected chi connectivity index (χ4v) is 3.65. The van der Waals surface area contributed by atoms with Gasteiger partial charge in [0.05, 0.1) is 12.5 Å². The number of aliphatic hydroxyl groups excluding tert-OH is 3. The molecule has 0 amide bonds. The van der Waals surface area contributed by atoms with Crippen molar-refractivity contribution in [3.8, 4) is 5.75 Å². The van der Waals surface area contributed by atoms with Crippen LogP contribution in [0.2, 0.25) is 0 Å². The third-order valence-corrected chi connectivity index (χ3v) is 5.36. The third kappa shape index (κ3) is 3.99. The van der Waals surface area contributed by atoms with Gasteiger partial charge in [0.1, 0.15) is 24.1 Å². The summed E-state index contributed by atoms with van der Waals surface area (Å²) in [5.74, 6) is -3.92. The predicted octanol–water partition coefficient (Wildman–Crippen LogP) is 0.00430. The number of ether oxygens (including phenoxy) is 1. The number of hydrogen-bond acceptors (Lipinski definition) is 7. The minimum absolute atomic E-state index is 0.00278. The largest absolute Gasteiger partial charge is 0.508 e.